The van der Waals surface area contributed by atoms with Crippen LogP contribution in [0.25, 0.3) is 0 Å². The Labute approximate surface area is 78.6 Å². The SMILES string of the molecule is CCOC(=O)[C@]1(N)C[C@@H]2CC[C@H]1C2. The molecule has 0 aliphatic heterocycles. The van der Waals surface area contributed by atoms with Gasteiger partial charge in [0.1, 0.15) is 5.54 Å². The van der Waals surface area contributed by atoms with Gasteiger partial charge in [-0.3, -0.25) is 4.79 Å². The summed E-state index contributed by atoms with van der Waals surface area (Å²) in [5.41, 5.74) is 5.46. The molecule has 0 radical (unpaired) electrons. The first-order valence-electron chi connectivity index (χ1n) is 5.13. The van der Waals surface area contributed by atoms with Gasteiger partial charge in [0.05, 0.1) is 6.61 Å². The topological polar surface area (TPSA) is 52.3 Å². The van der Waals surface area contributed by atoms with Crippen molar-refractivity contribution in [2.75, 3.05) is 6.61 Å². The van der Waals surface area contributed by atoms with Crippen molar-refractivity contribution in [1.82, 2.24) is 0 Å². The lowest BCUT2D eigenvalue weighted by Gasteiger charge is -2.30. The summed E-state index contributed by atoms with van der Waals surface area (Å²) < 4.78 is 5.02. The van der Waals surface area contributed by atoms with E-state index in [1.807, 2.05) is 6.92 Å². The minimum absolute atomic E-state index is 0.179. The first kappa shape index (κ1) is 9.00. The van der Waals surface area contributed by atoms with Crippen LogP contribution < -0.4 is 5.73 Å². The van der Waals surface area contributed by atoms with Crippen molar-refractivity contribution in [1.29, 1.82) is 0 Å². The molecular formula is C10H17NO2. The normalized spacial score (nSPS) is 42.3. The summed E-state index contributed by atoms with van der Waals surface area (Å²) in [5.74, 6) is 0.887. The first-order chi connectivity index (χ1) is 6.16. The summed E-state index contributed by atoms with van der Waals surface area (Å²) >= 11 is 0. The molecule has 13 heavy (non-hydrogen) atoms. The summed E-state index contributed by atoms with van der Waals surface area (Å²) in [7, 11) is 0. The van der Waals surface area contributed by atoms with Crippen molar-refractivity contribution >= 4 is 5.97 Å². The van der Waals surface area contributed by atoms with Crippen molar-refractivity contribution < 1.29 is 9.53 Å². The number of rotatable bonds is 2. The Balaban J connectivity index is 2.08. The van der Waals surface area contributed by atoms with Crippen molar-refractivity contribution in [2.45, 2.75) is 38.1 Å². The number of carbonyl (C=O) groups is 1. The average Bonchev–Trinajstić information content (AvgIpc) is 2.64. The van der Waals surface area contributed by atoms with Gasteiger partial charge in [-0.15, -0.1) is 0 Å². The van der Waals surface area contributed by atoms with E-state index in [9.17, 15) is 4.79 Å². The smallest absolute Gasteiger partial charge is 0.326 e. The molecule has 0 aromatic heterocycles. The van der Waals surface area contributed by atoms with Crippen LogP contribution in [0.2, 0.25) is 0 Å². The second kappa shape index (κ2) is 2.98. The minimum Gasteiger partial charge on any atom is -0.465 e. The number of hydrogen-bond acceptors (Lipinski definition) is 3. The molecule has 0 aromatic rings. The van der Waals surface area contributed by atoms with Crippen LogP contribution in [0.4, 0.5) is 0 Å². The molecule has 0 heterocycles. The van der Waals surface area contributed by atoms with E-state index in [2.05, 4.69) is 0 Å². The van der Waals surface area contributed by atoms with E-state index in [1.165, 1.54) is 6.42 Å². The van der Waals surface area contributed by atoms with E-state index in [1.54, 1.807) is 0 Å². The van der Waals surface area contributed by atoms with E-state index < -0.39 is 5.54 Å². The number of carbonyl (C=O) groups excluding carboxylic acids is 1. The molecule has 2 bridgehead atoms. The molecule has 2 aliphatic rings. The summed E-state index contributed by atoms with van der Waals surface area (Å²) in [5, 5.41) is 0. The fourth-order valence-corrected chi connectivity index (χ4v) is 2.89. The van der Waals surface area contributed by atoms with Crippen molar-refractivity contribution in [2.24, 2.45) is 17.6 Å². The lowest BCUT2D eigenvalue weighted by molar-refractivity contribution is -0.151. The predicted octanol–water partition coefficient (Wildman–Crippen LogP) is 1.07. The Morgan fingerprint density at radius 1 is 1.62 bits per heavy atom. The van der Waals surface area contributed by atoms with Crippen molar-refractivity contribution in [3.8, 4) is 0 Å². The number of esters is 1. The molecule has 0 unspecified atom stereocenters. The van der Waals surface area contributed by atoms with Gasteiger partial charge in [0.15, 0.2) is 0 Å². The fraction of sp³-hybridized carbons (Fsp3) is 0.900. The number of ether oxygens (including phenoxy) is 1. The Hall–Kier alpha value is -0.570. The van der Waals surface area contributed by atoms with Crippen LogP contribution in [0.3, 0.4) is 0 Å². The molecule has 0 spiro atoms. The van der Waals surface area contributed by atoms with E-state index in [0.29, 0.717) is 18.4 Å². The lowest BCUT2D eigenvalue weighted by atomic mass is 9.82. The molecule has 2 N–H and O–H groups in total. The molecule has 0 aromatic carbocycles. The molecule has 74 valence electrons. The molecule has 2 aliphatic carbocycles. The van der Waals surface area contributed by atoms with Crippen LogP contribution in [0, 0.1) is 11.8 Å². The van der Waals surface area contributed by atoms with Gasteiger partial charge in [-0.25, -0.2) is 0 Å². The van der Waals surface area contributed by atoms with E-state index in [0.717, 1.165) is 19.3 Å². The van der Waals surface area contributed by atoms with Gasteiger partial charge >= 0.3 is 5.97 Å². The van der Waals surface area contributed by atoms with Crippen LogP contribution in [0.15, 0.2) is 0 Å². The van der Waals surface area contributed by atoms with E-state index in [-0.39, 0.29) is 5.97 Å². The zero-order valence-corrected chi connectivity index (χ0v) is 8.08. The average molecular weight is 183 g/mol. The highest BCUT2D eigenvalue weighted by Gasteiger charge is 2.53. The Kier molecular flexibility index (Phi) is 2.06. The molecule has 3 atom stereocenters. The van der Waals surface area contributed by atoms with Gasteiger partial charge < -0.3 is 10.5 Å². The zero-order chi connectivity index (χ0) is 9.47. The van der Waals surface area contributed by atoms with Gasteiger partial charge in [0.25, 0.3) is 0 Å². The van der Waals surface area contributed by atoms with Crippen molar-refractivity contribution in [3.63, 3.8) is 0 Å². The highest BCUT2D eigenvalue weighted by atomic mass is 16.5. The molecule has 0 amide bonds. The second-order valence-electron chi connectivity index (χ2n) is 4.34. The largest absolute Gasteiger partial charge is 0.465 e. The molecule has 2 saturated carbocycles. The zero-order valence-electron chi connectivity index (χ0n) is 8.08. The highest BCUT2D eigenvalue weighted by molar-refractivity contribution is 5.81. The van der Waals surface area contributed by atoms with Gasteiger partial charge in [-0.1, -0.05) is 6.42 Å². The third-order valence-electron chi connectivity index (χ3n) is 3.55. The number of hydrogen-bond donors (Lipinski definition) is 1. The monoisotopic (exact) mass is 183 g/mol. The van der Waals surface area contributed by atoms with Crippen LogP contribution in [-0.2, 0) is 9.53 Å². The summed E-state index contributed by atoms with van der Waals surface area (Å²) in [4.78, 5) is 11.6. The van der Waals surface area contributed by atoms with Gasteiger partial charge in [-0.2, -0.15) is 0 Å². The standard InChI is InChI=1S/C10H17NO2/c1-2-13-9(12)10(11)6-7-3-4-8(10)5-7/h7-8H,2-6,11H2,1H3/t7-,8+,10+/m1/s1. The van der Waals surface area contributed by atoms with E-state index in [4.69, 9.17) is 10.5 Å². The third-order valence-corrected chi connectivity index (χ3v) is 3.55. The molecule has 2 fully saturated rings. The molecule has 0 saturated heterocycles. The van der Waals surface area contributed by atoms with Crippen molar-refractivity contribution in [3.05, 3.63) is 0 Å². The van der Waals surface area contributed by atoms with Gasteiger partial charge in [0.2, 0.25) is 0 Å². The molecule has 3 nitrogen and oxygen atoms in total. The molecular weight excluding hydrogens is 166 g/mol. The Bertz CT molecular complexity index is 229. The number of fused-ring (bicyclic) bond motifs is 2. The fourth-order valence-electron chi connectivity index (χ4n) is 2.89. The van der Waals surface area contributed by atoms with Gasteiger partial charge in [-0.05, 0) is 38.0 Å². The third kappa shape index (κ3) is 1.26. The summed E-state index contributed by atoms with van der Waals surface area (Å²) in [6.45, 7) is 2.27. The van der Waals surface area contributed by atoms with Crippen LogP contribution in [0.1, 0.15) is 32.6 Å². The molecule has 3 heteroatoms. The maximum Gasteiger partial charge on any atom is 0.326 e. The Morgan fingerprint density at radius 2 is 2.38 bits per heavy atom. The maximum atomic E-state index is 11.6. The van der Waals surface area contributed by atoms with Crippen LogP contribution in [-0.4, -0.2) is 18.1 Å². The summed E-state index contributed by atoms with van der Waals surface area (Å²) in [6.07, 6.45) is 4.34. The van der Waals surface area contributed by atoms with Crippen LogP contribution in [0.5, 0.6) is 0 Å². The second-order valence-corrected chi connectivity index (χ2v) is 4.34. The first-order valence-corrected chi connectivity index (χ1v) is 5.13. The summed E-state index contributed by atoms with van der Waals surface area (Å²) in [6, 6.07) is 0. The minimum atomic E-state index is -0.640. The molecule has 2 rings (SSSR count). The number of nitrogens with two attached hydrogens (primary N) is 1. The lowest BCUT2D eigenvalue weighted by Crippen LogP contribution is -2.53. The van der Waals surface area contributed by atoms with E-state index >= 15 is 0 Å². The Morgan fingerprint density at radius 3 is 2.85 bits per heavy atom. The predicted molar refractivity (Wildman–Crippen MR) is 49.0 cm³/mol. The maximum absolute atomic E-state index is 11.6. The quantitative estimate of drug-likeness (QED) is 0.651. The highest BCUT2D eigenvalue weighted by Crippen LogP contribution is 2.49. The van der Waals surface area contributed by atoms with Crippen LogP contribution >= 0.6 is 0 Å². The van der Waals surface area contributed by atoms with Gasteiger partial charge in [0, 0.05) is 0 Å².